The first-order valence-corrected chi connectivity index (χ1v) is 29.8. The molecular formula is C70H56Cl3FN8O13. The van der Waals surface area contributed by atoms with Gasteiger partial charge in [0.05, 0.1) is 76.7 Å². The molecule has 13 aromatic rings. The molecule has 4 N–H and O–H groups in total. The summed E-state index contributed by atoms with van der Waals surface area (Å²) >= 11 is 18.0. The molecule has 21 nitrogen and oxygen atoms in total. The minimum Gasteiger partial charge on any atom is -0.497 e. The molecule has 482 valence electrons. The molecule has 0 amide bonds. The normalized spacial score (nSPS) is 10.8. The van der Waals surface area contributed by atoms with E-state index >= 15 is 0 Å². The third-order valence-corrected chi connectivity index (χ3v) is 15.9. The van der Waals surface area contributed by atoms with Gasteiger partial charge in [-0.2, -0.15) is 0 Å². The molecule has 0 unspecified atom stereocenters. The Balaban J connectivity index is 0.000000139. The number of rotatable bonds is 18. The van der Waals surface area contributed by atoms with Crippen molar-refractivity contribution < 1.29 is 48.5 Å². The van der Waals surface area contributed by atoms with Crippen LogP contribution in [0.3, 0.4) is 0 Å². The minimum atomic E-state index is -0.487. The van der Waals surface area contributed by atoms with Crippen LogP contribution in [-0.2, 0) is 26.2 Å². The fourth-order valence-corrected chi connectivity index (χ4v) is 11.2. The minimum absolute atomic E-state index is 0.00557. The van der Waals surface area contributed by atoms with Gasteiger partial charge in [0.1, 0.15) is 40.3 Å². The van der Waals surface area contributed by atoms with Crippen LogP contribution in [0.2, 0.25) is 15.1 Å². The van der Waals surface area contributed by atoms with E-state index in [4.69, 9.17) is 58.5 Å². The van der Waals surface area contributed by atoms with Crippen LogP contribution in [0, 0.1) is 25.4 Å². The standard InChI is InChI=1S/C21H15ClN2O3.C17H15ClN2O4.C16H13ClN2O3.C16H13FN2O3/c22-15-9-10-19-18(12-15)20(23-26)21(25)24(19)13-14-5-4-8-17(11-14)27-16-6-2-1-3-7-16;1-23-12-5-10(6-13(8-12)24-2)9-20-15-4-3-11(18)7-14(15)16(19-22)17(20)21;2*1-22-12-5-2-10(3-6-12)9-19-14-7-4-11(17)8-13(14)15(18-21)16(19)20/h1-12,25H,13H2;3-8,21H,9H2,1-2H3;2*2-8,20H,9H2,1H3. The van der Waals surface area contributed by atoms with Crippen LogP contribution in [0.4, 0.5) is 27.1 Å². The number of hydrogen-bond donors (Lipinski definition) is 4. The number of halogens is 4. The van der Waals surface area contributed by atoms with Gasteiger partial charge in [0.25, 0.3) is 0 Å². The smallest absolute Gasteiger partial charge is 0.222 e. The zero-order valence-corrected chi connectivity index (χ0v) is 53.1. The zero-order chi connectivity index (χ0) is 67.4. The first-order valence-electron chi connectivity index (χ1n) is 28.7. The summed E-state index contributed by atoms with van der Waals surface area (Å²) in [6.07, 6.45) is 0. The van der Waals surface area contributed by atoms with Crippen LogP contribution >= 0.6 is 34.8 Å². The lowest BCUT2D eigenvalue weighted by atomic mass is 10.2. The summed E-state index contributed by atoms with van der Waals surface area (Å²) in [5.41, 5.74) is 6.01. The SMILES string of the molecule is COc1cc(Cn2c(O)c(N=O)c3cc(Cl)ccc32)cc(OC)c1.COc1ccc(Cn2c(O)c(N=O)c3cc(Cl)ccc32)cc1.COc1ccc(Cn2c(O)c(N=O)c3cc(F)ccc32)cc1.O=Nc1c(O)n(Cc2cccc(Oc3ccccc3)c2)c2ccc(Cl)cc12. The number of benzene rings is 9. The second-order valence-corrected chi connectivity index (χ2v) is 22.3. The molecule has 0 aliphatic rings. The molecule has 0 saturated heterocycles. The van der Waals surface area contributed by atoms with Gasteiger partial charge in [-0.15, -0.1) is 19.6 Å². The molecular weight excluding hydrogens is 1290 g/mol. The molecule has 25 heteroatoms. The Hall–Kier alpha value is -11.5. The summed E-state index contributed by atoms with van der Waals surface area (Å²) in [6.45, 7) is 1.40. The van der Waals surface area contributed by atoms with Crippen molar-refractivity contribution in [3.05, 3.63) is 257 Å². The lowest BCUT2D eigenvalue weighted by Gasteiger charge is -2.11. The summed E-state index contributed by atoms with van der Waals surface area (Å²) in [5, 5.41) is 56.2. The van der Waals surface area contributed by atoms with Gasteiger partial charge in [-0.1, -0.05) is 89.4 Å². The third kappa shape index (κ3) is 14.7. The molecule has 0 atom stereocenters. The van der Waals surface area contributed by atoms with Gasteiger partial charge in [-0.25, -0.2) is 4.39 Å². The Morgan fingerprint density at radius 3 is 1.05 bits per heavy atom. The van der Waals surface area contributed by atoms with Gasteiger partial charge in [0.2, 0.25) is 23.5 Å². The number of aromatic nitrogens is 4. The number of nitrogens with zero attached hydrogens (tertiary/aromatic N) is 8. The van der Waals surface area contributed by atoms with E-state index in [0.29, 0.717) is 102 Å². The second-order valence-electron chi connectivity index (χ2n) is 21.0. The van der Waals surface area contributed by atoms with Crippen LogP contribution in [-0.4, -0.2) is 67.1 Å². The lowest BCUT2D eigenvalue weighted by molar-refractivity contribution is 0.392. The molecule has 0 saturated carbocycles. The Bertz CT molecular complexity index is 4800. The van der Waals surface area contributed by atoms with Crippen LogP contribution in [0.15, 0.2) is 215 Å². The maximum Gasteiger partial charge on any atom is 0.222 e. The fraction of sp³-hybridized carbons (Fsp3) is 0.114. The van der Waals surface area contributed by atoms with Crippen molar-refractivity contribution in [3.63, 3.8) is 0 Å². The van der Waals surface area contributed by atoms with Crippen molar-refractivity contribution in [3.8, 4) is 58.0 Å². The largest absolute Gasteiger partial charge is 0.497 e. The van der Waals surface area contributed by atoms with Gasteiger partial charge in [0.15, 0.2) is 22.7 Å². The first-order chi connectivity index (χ1) is 46.0. The predicted molar refractivity (Wildman–Crippen MR) is 366 cm³/mol. The highest BCUT2D eigenvalue weighted by atomic mass is 35.5. The lowest BCUT2D eigenvalue weighted by Crippen LogP contribution is -2.00. The van der Waals surface area contributed by atoms with Crippen molar-refractivity contribution in [2.45, 2.75) is 26.2 Å². The van der Waals surface area contributed by atoms with E-state index < -0.39 is 5.82 Å². The molecule has 0 aliphatic carbocycles. The Labute approximate surface area is 555 Å². The average Bonchev–Trinajstić information content (AvgIpc) is 1.66. The molecule has 0 aliphatic heterocycles. The molecule has 95 heavy (non-hydrogen) atoms. The van der Waals surface area contributed by atoms with Crippen molar-refractivity contribution in [2.75, 3.05) is 28.4 Å². The highest BCUT2D eigenvalue weighted by Crippen LogP contribution is 2.44. The van der Waals surface area contributed by atoms with Crippen molar-refractivity contribution in [2.24, 2.45) is 20.7 Å². The molecule has 4 aromatic heterocycles. The number of nitroso groups, excluding NO2 is 4. The Morgan fingerprint density at radius 2 is 0.674 bits per heavy atom. The van der Waals surface area contributed by atoms with E-state index in [1.165, 1.54) is 22.8 Å². The maximum atomic E-state index is 13.4. The Morgan fingerprint density at radius 1 is 0.337 bits per heavy atom. The number of aromatic hydroxyl groups is 4. The van der Waals surface area contributed by atoms with Crippen LogP contribution in [0.5, 0.6) is 58.0 Å². The number of fused-ring (bicyclic) bond motifs is 4. The van der Waals surface area contributed by atoms with Gasteiger partial charge in [-0.05, 0) is 176 Å². The van der Waals surface area contributed by atoms with Crippen LogP contribution in [0.1, 0.15) is 22.3 Å². The molecule has 0 bridgehead atoms. The molecule has 13 rings (SSSR count). The fourth-order valence-electron chi connectivity index (χ4n) is 10.7. The van der Waals surface area contributed by atoms with Crippen LogP contribution < -0.4 is 23.7 Å². The van der Waals surface area contributed by atoms with E-state index in [1.54, 1.807) is 115 Å². The van der Waals surface area contributed by atoms with Gasteiger partial charge in [-0.3, -0.25) is 0 Å². The summed E-state index contributed by atoms with van der Waals surface area (Å²) in [6, 6.07) is 56.5. The third-order valence-electron chi connectivity index (χ3n) is 15.2. The van der Waals surface area contributed by atoms with E-state index in [1.807, 2.05) is 103 Å². The highest BCUT2D eigenvalue weighted by Gasteiger charge is 2.23. The van der Waals surface area contributed by atoms with E-state index in [2.05, 4.69) is 20.7 Å². The number of methoxy groups -OCH3 is 4. The molecule has 0 spiro atoms. The summed E-state index contributed by atoms with van der Waals surface area (Å²) in [7, 11) is 6.32. The molecule has 9 aromatic carbocycles. The van der Waals surface area contributed by atoms with Gasteiger partial charge >= 0.3 is 0 Å². The number of hydrogen-bond acceptors (Lipinski definition) is 17. The topological polar surface area (TPSA) is 265 Å². The molecule has 0 radical (unpaired) electrons. The van der Waals surface area contributed by atoms with Gasteiger partial charge < -0.3 is 62.4 Å². The second kappa shape index (κ2) is 29.9. The summed E-state index contributed by atoms with van der Waals surface area (Å²) in [4.78, 5) is 44.3. The molecule has 4 heterocycles. The Kier molecular flexibility index (Phi) is 20.9. The average molecular weight is 1340 g/mol. The van der Waals surface area contributed by atoms with Crippen LogP contribution in [0.25, 0.3) is 43.6 Å². The highest BCUT2D eigenvalue weighted by molar-refractivity contribution is 6.32. The van der Waals surface area contributed by atoms with Gasteiger partial charge in [0, 0.05) is 42.7 Å². The van der Waals surface area contributed by atoms with Crippen molar-refractivity contribution >= 4 is 101 Å². The number of ether oxygens (including phenoxy) is 5. The summed E-state index contributed by atoms with van der Waals surface area (Å²) in [5.74, 6) is 2.87. The predicted octanol–water partition coefficient (Wildman–Crippen LogP) is 19.1. The summed E-state index contributed by atoms with van der Waals surface area (Å²) < 4.78 is 46.3. The van der Waals surface area contributed by atoms with Crippen molar-refractivity contribution in [1.82, 2.24) is 18.3 Å². The van der Waals surface area contributed by atoms with E-state index in [9.17, 15) is 44.4 Å². The number of para-hydroxylation sites is 1. The van der Waals surface area contributed by atoms with Crippen molar-refractivity contribution in [1.29, 1.82) is 0 Å². The van der Waals surface area contributed by atoms with E-state index in [0.717, 1.165) is 39.5 Å². The first kappa shape index (κ1) is 66.5. The molecule has 0 fully saturated rings. The monoisotopic (exact) mass is 1340 g/mol. The maximum absolute atomic E-state index is 13.4. The zero-order valence-electron chi connectivity index (χ0n) is 50.9. The quantitative estimate of drug-likeness (QED) is 0.0583. The van der Waals surface area contributed by atoms with E-state index in [-0.39, 0.29) is 46.3 Å².